The molecule has 2 aromatic carbocycles. The topological polar surface area (TPSA) is 44.8 Å². The quantitative estimate of drug-likeness (QED) is 0.667. The second-order valence-electron chi connectivity index (χ2n) is 4.89. The molecule has 23 heavy (non-hydrogen) atoms. The Balaban J connectivity index is 2.27. The van der Waals surface area contributed by atoms with Crippen molar-refractivity contribution in [2.45, 2.75) is 0 Å². The molecule has 0 aliphatic rings. The Hall–Kier alpha value is -2.53. The lowest BCUT2D eigenvalue weighted by atomic mass is 10.0. The van der Waals surface area contributed by atoms with Gasteiger partial charge >= 0.3 is 5.97 Å². The molecule has 0 unspecified atom stereocenters. The number of rotatable bonds is 4. The maximum Gasteiger partial charge on any atom is 0.337 e. The Morgan fingerprint density at radius 2 is 1.70 bits per heavy atom. The normalized spacial score (nSPS) is 10.6. The van der Waals surface area contributed by atoms with Gasteiger partial charge in [-0.15, -0.1) is 11.3 Å². The number of esters is 1. The van der Waals surface area contributed by atoms with Gasteiger partial charge in [-0.1, -0.05) is 6.07 Å². The number of carbonyl (C=O) groups is 1. The lowest BCUT2D eigenvalue weighted by Gasteiger charge is -2.12. The van der Waals surface area contributed by atoms with E-state index in [1.165, 1.54) is 7.11 Å². The second kappa shape index (κ2) is 6.30. The van der Waals surface area contributed by atoms with Gasteiger partial charge in [-0.2, -0.15) is 0 Å². The van der Waals surface area contributed by atoms with E-state index in [1.54, 1.807) is 31.6 Å². The SMILES string of the molecule is COC(=O)c1ccc2scc(-c3c(OC)cccc3OC)c2c1. The molecule has 0 N–H and O–H groups in total. The van der Waals surface area contributed by atoms with Gasteiger partial charge in [-0.3, -0.25) is 0 Å². The standard InChI is InChI=1S/C18H16O4S/c1-20-14-5-4-6-15(21-2)17(14)13-10-23-16-8-7-11(9-12(13)16)18(19)22-3/h4-10H,1-3H3. The molecule has 5 heteroatoms. The van der Waals surface area contributed by atoms with Crippen LogP contribution in [0.15, 0.2) is 41.8 Å². The van der Waals surface area contributed by atoms with E-state index in [4.69, 9.17) is 14.2 Å². The fourth-order valence-electron chi connectivity index (χ4n) is 2.58. The van der Waals surface area contributed by atoms with E-state index in [-0.39, 0.29) is 5.97 Å². The molecule has 118 valence electrons. The van der Waals surface area contributed by atoms with Gasteiger partial charge in [-0.25, -0.2) is 4.79 Å². The average molecular weight is 328 g/mol. The Labute approximate surface area is 138 Å². The Morgan fingerprint density at radius 1 is 1.00 bits per heavy atom. The summed E-state index contributed by atoms with van der Waals surface area (Å²) in [6.07, 6.45) is 0. The highest BCUT2D eigenvalue weighted by Crippen LogP contribution is 2.44. The molecule has 0 aliphatic carbocycles. The molecule has 1 heterocycles. The van der Waals surface area contributed by atoms with Crippen LogP contribution in [-0.4, -0.2) is 27.3 Å². The average Bonchev–Trinajstić information content (AvgIpc) is 3.02. The van der Waals surface area contributed by atoms with Crippen LogP contribution in [-0.2, 0) is 4.74 Å². The molecule has 0 radical (unpaired) electrons. The number of methoxy groups -OCH3 is 3. The van der Waals surface area contributed by atoms with Crippen LogP contribution in [0.2, 0.25) is 0 Å². The van der Waals surface area contributed by atoms with Gasteiger partial charge in [0.15, 0.2) is 0 Å². The van der Waals surface area contributed by atoms with Gasteiger partial charge in [-0.05, 0) is 30.3 Å². The third-order valence-corrected chi connectivity index (χ3v) is 4.66. The van der Waals surface area contributed by atoms with Gasteiger partial charge in [0.1, 0.15) is 11.5 Å². The Bertz CT molecular complexity index is 844. The van der Waals surface area contributed by atoms with Crippen LogP contribution in [0, 0.1) is 0 Å². The smallest absolute Gasteiger partial charge is 0.337 e. The number of hydrogen-bond donors (Lipinski definition) is 0. The number of thiophene rings is 1. The summed E-state index contributed by atoms with van der Waals surface area (Å²) in [6.45, 7) is 0. The highest BCUT2D eigenvalue weighted by Gasteiger charge is 2.17. The van der Waals surface area contributed by atoms with Crippen LogP contribution in [0.3, 0.4) is 0 Å². The zero-order chi connectivity index (χ0) is 16.4. The van der Waals surface area contributed by atoms with Crippen LogP contribution < -0.4 is 9.47 Å². The van der Waals surface area contributed by atoms with Crippen molar-refractivity contribution in [3.8, 4) is 22.6 Å². The van der Waals surface area contributed by atoms with Crippen molar-refractivity contribution in [3.05, 3.63) is 47.3 Å². The molecule has 1 aromatic heterocycles. The molecule has 0 amide bonds. The summed E-state index contributed by atoms with van der Waals surface area (Å²) in [4.78, 5) is 11.8. The third-order valence-electron chi connectivity index (χ3n) is 3.69. The summed E-state index contributed by atoms with van der Waals surface area (Å²) >= 11 is 1.61. The van der Waals surface area contributed by atoms with Crippen LogP contribution in [0.5, 0.6) is 11.5 Å². The first-order chi connectivity index (χ1) is 11.2. The zero-order valence-corrected chi connectivity index (χ0v) is 13.9. The maximum atomic E-state index is 11.8. The summed E-state index contributed by atoms with van der Waals surface area (Å²) in [5.74, 6) is 1.11. The highest BCUT2D eigenvalue weighted by atomic mass is 32.1. The van der Waals surface area contributed by atoms with Gasteiger partial charge in [0.25, 0.3) is 0 Å². The van der Waals surface area contributed by atoms with Crippen molar-refractivity contribution >= 4 is 27.4 Å². The minimum atomic E-state index is -0.351. The number of fused-ring (bicyclic) bond motifs is 1. The van der Waals surface area contributed by atoms with Crippen LogP contribution >= 0.6 is 11.3 Å². The maximum absolute atomic E-state index is 11.8. The Kier molecular flexibility index (Phi) is 4.21. The predicted octanol–water partition coefficient (Wildman–Crippen LogP) is 4.37. The molecule has 0 saturated carbocycles. The van der Waals surface area contributed by atoms with E-state index < -0.39 is 0 Å². The molecule has 4 nitrogen and oxygen atoms in total. The van der Waals surface area contributed by atoms with Gasteiger partial charge in [0.05, 0.1) is 32.5 Å². The predicted molar refractivity (Wildman–Crippen MR) is 91.7 cm³/mol. The van der Waals surface area contributed by atoms with Gasteiger partial charge in [0.2, 0.25) is 0 Å². The molecule has 3 aromatic rings. The largest absolute Gasteiger partial charge is 0.496 e. The monoisotopic (exact) mass is 328 g/mol. The fraction of sp³-hybridized carbons (Fsp3) is 0.167. The summed E-state index contributed by atoms with van der Waals surface area (Å²) in [6, 6.07) is 11.2. The van der Waals surface area contributed by atoms with Gasteiger partial charge < -0.3 is 14.2 Å². The van der Waals surface area contributed by atoms with Gasteiger partial charge in [0, 0.05) is 21.0 Å². The van der Waals surface area contributed by atoms with Crippen LogP contribution in [0.1, 0.15) is 10.4 Å². The third kappa shape index (κ3) is 2.64. The molecule has 0 spiro atoms. The minimum Gasteiger partial charge on any atom is -0.496 e. The van der Waals surface area contributed by atoms with Crippen molar-refractivity contribution in [3.63, 3.8) is 0 Å². The van der Waals surface area contributed by atoms with Crippen molar-refractivity contribution in [1.29, 1.82) is 0 Å². The molecule has 0 fully saturated rings. The van der Waals surface area contributed by atoms with E-state index in [0.29, 0.717) is 5.56 Å². The van der Waals surface area contributed by atoms with E-state index in [1.807, 2.05) is 35.7 Å². The number of benzene rings is 2. The van der Waals surface area contributed by atoms with Crippen molar-refractivity contribution in [2.24, 2.45) is 0 Å². The van der Waals surface area contributed by atoms with E-state index in [2.05, 4.69) is 0 Å². The number of carbonyl (C=O) groups excluding carboxylic acids is 1. The lowest BCUT2D eigenvalue weighted by molar-refractivity contribution is 0.0601. The molecular formula is C18H16O4S. The number of ether oxygens (including phenoxy) is 3. The van der Waals surface area contributed by atoms with Crippen molar-refractivity contribution in [2.75, 3.05) is 21.3 Å². The second-order valence-corrected chi connectivity index (χ2v) is 5.80. The highest BCUT2D eigenvalue weighted by molar-refractivity contribution is 7.17. The summed E-state index contributed by atoms with van der Waals surface area (Å²) in [5.41, 5.74) is 2.38. The van der Waals surface area contributed by atoms with E-state index >= 15 is 0 Å². The molecule has 0 saturated heterocycles. The first-order valence-electron chi connectivity index (χ1n) is 7.00. The molecule has 0 aliphatic heterocycles. The Morgan fingerprint density at radius 3 is 2.30 bits per heavy atom. The van der Waals surface area contributed by atoms with Crippen molar-refractivity contribution < 1.29 is 19.0 Å². The first-order valence-corrected chi connectivity index (χ1v) is 7.88. The lowest BCUT2D eigenvalue weighted by Crippen LogP contribution is -2.00. The number of hydrogen-bond acceptors (Lipinski definition) is 5. The molecular weight excluding hydrogens is 312 g/mol. The van der Waals surface area contributed by atoms with E-state index in [0.717, 1.165) is 32.7 Å². The molecule has 0 atom stereocenters. The summed E-state index contributed by atoms with van der Waals surface area (Å²) in [5, 5.41) is 3.02. The summed E-state index contributed by atoms with van der Waals surface area (Å²) < 4.78 is 16.9. The van der Waals surface area contributed by atoms with Crippen molar-refractivity contribution in [1.82, 2.24) is 0 Å². The summed E-state index contributed by atoms with van der Waals surface area (Å²) in [7, 11) is 4.64. The van der Waals surface area contributed by atoms with E-state index in [9.17, 15) is 4.79 Å². The fourth-order valence-corrected chi connectivity index (χ4v) is 3.52. The molecule has 3 rings (SSSR count). The zero-order valence-electron chi connectivity index (χ0n) is 13.1. The van der Waals surface area contributed by atoms with Crippen LogP contribution in [0.4, 0.5) is 0 Å². The minimum absolute atomic E-state index is 0.351. The molecule has 0 bridgehead atoms. The van der Waals surface area contributed by atoms with Crippen LogP contribution in [0.25, 0.3) is 21.2 Å². The first kappa shape index (κ1) is 15.4.